The average Bonchev–Trinajstić information content (AvgIpc) is 2.15. The maximum Gasteiger partial charge on any atom is 0.112 e. The molecule has 0 fully saturated rings. The molecule has 0 aliphatic heterocycles. The Kier molecular flexibility index (Phi) is 3.88. The highest BCUT2D eigenvalue weighted by molar-refractivity contribution is 7.98. The summed E-state index contributed by atoms with van der Waals surface area (Å²) in [7, 11) is 0. The SMILES string of the molecule is CSc1ccccc1C#CC(C)O. The number of aliphatic hydroxyl groups is 1. The quantitative estimate of drug-likeness (QED) is 0.543. The zero-order chi connectivity index (χ0) is 9.68. The fraction of sp³-hybridized carbons (Fsp3) is 0.273. The van der Waals surface area contributed by atoms with E-state index in [0.29, 0.717) is 0 Å². The number of hydrogen-bond donors (Lipinski definition) is 1. The van der Waals surface area contributed by atoms with Gasteiger partial charge in [-0.1, -0.05) is 24.0 Å². The molecule has 1 aromatic carbocycles. The van der Waals surface area contributed by atoms with Gasteiger partial charge >= 0.3 is 0 Å². The third-order valence-electron chi connectivity index (χ3n) is 1.52. The smallest absolute Gasteiger partial charge is 0.112 e. The topological polar surface area (TPSA) is 20.2 Å². The van der Waals surface area contributed by atoms with Crippen LogP contribution in [0.5, 0.6) is 0 Å². The highest BCUT2D eigenvalue weighted by Crippen LogP contribution is 2.18. The van der Waals surface area contributed by atoms with E-state index in [9.17, 15) is 0 Å². The Morgan fingerprint density at radius 1 is 1.38 bits per heavy atom. The molecule has 0 saturated heterocycles. The maximum atomic E-state index is 9.00. The summed E-state index contributed by atoms with van der Waals surface area (Å²) in [5, 5.41) is 9.00. The highest BCUT2D eigenvalue weighted by Gasteiger charge is 1.95. The van der Waals surface area contributed by atoms with Gasteiger partial charge in [-0.3, -0.25) is 0 Å². The number of benzene rings is 1. The van der Waals surface area contributed by atoms with Crippen LogP contribution in [0, 0.1) is 11.8 Å². The molecule has 0 heterocycles. The van der Waals surface area contributed by atoms with Crippen molar-refractivity contribution in [2.45, 2.75) is 17.9 Å². The van der Waals surface area contributed by atoms with E-state index < -0.39 is 6.10 Å². The second-order valence-electron chi connectivity index (χ2n) is 2.65. The molecule has 0 aliphatic rings. The minimum atomic E-state index is -0.560. The molecular formula is C11H12OS. The zero-order valence-electron chi connectivity index (χ0n) is 7.74. The first kappa shape index (κ1) is 10.2. The van der Waals surface area contributed by atoms with Crippen molar-refractivity contribution in [3.63, 3.8) is 0 Å². The second kappa shape index (κ2) is 4.96. The van der Waals surface area contributed by atoms with Crippen LogP contribution in [0.4, 0.5) is 0 Å². The van der Waals surface area contributed by atoms with E-state index in [0.717, 1.165) is 10.5 Å². The van der Waals surface area contributed by atoms with E-state index >= 15 is 0 Å². The summed E-state index contributed by atoms with van der Waals surface area (Å²) in [4.78, 5) is 1.15. The van der Waals surface area contributed by atoms with Crippen molar-refractivity contribution in [1.29, 1.82) is 0 Å². The second-order valence-corrected chi connectivity index (χ2v) is 3.49. The van der Waals surface area contributed by atoms with E-state index in [1.165, 1.54) is 0 Å². The Balaban J connectivity index is 2.95. The molecule has 1 N–H and O–H groups in total. The van der Waals surface area contributed by atoms with E-state index in [2.05, 4.69) is 11.8 Å². The van der Waals surface area contributed by atoms with Gasteiger partial charge in [0.05, 0.1) is 0 Å². The van der Waals surface area contributed by atoms with Crippen LogP contribution >= 0.6 is 11.8 Å². The maximum absolute atomic E-state index is 9.00. The first-order valence-corrected chi connectivity index (χ1v) is 5.29. The molecule has 0 amide bonds. The minimum Gasteiger partial charge on any atom is -0.381 e. The highest BCUT2D eigenvalue weighted by atomic mass is 32.2. The van der Waals surface area contributed by atoms with Gasteiger partial charge in [0, 0.05) is 10.5 Å². The summed E-state index contributed by atoms with van der Waals surface area (Å²) in [6.07, 6.45) is 1.46. The molecule has 1 nitrogen and oxygen atoms in total. The molecule has 0 radical (unpaired) electrons. The van der Waals surface area contributed by atoms with Crippen LogP contribution < -0.4 is 0 Å². The van der Waals surface area contributed by atoms with Crippen molar-refractivity contribution in [3.05, 3.63) is 29.8 Å². The van der Waals surface area contributed by atoms with Crippen LogP contribution in [-0.4, -0.2) is 17.5 Å². The lowest BCUT2D eigenvalue weighted by molar-refractivity contribution is 0.253. The Bertz CT molecular complexity index is 333. The van der Waals surface area contributed by atoms with Crippen molar-refractivity contribution in [2.75, 3.05) is 6.26 Å². The Hall–Kier alpha value is -0.910. The number of hydrogen-bond acceptors (Lipinski definition) is 2. The molecule has 0 bridgehead atoms. The molecule has 2 heteroatoms. The van der Waals surface area contributed by atoms with Crippen LogP contribution in [0.25, 0.3) is 0 Å². The third-order valence-corrected chi connectivity index (χ3v) is 2.32. The molecule has 1 aromatic rings. The van der Waals surface area contributed by atoms with E-state index in [1.54, 1.807) is 18.7 Å². The summed E-state index contributed by atoms with van der Waals surface area (Å²) in [5.74, 6) is 5.67. The van der Waals surface area contributed by atoms with Crippen LogP contribution in [-0.2, 0) is 0 Å². The van der Waals surface area contributed by atoms with Crippen LogP contribution in [0.2, 0.25) is 0 Å². The molecule has 0 aromatic heterocycles. The fourth-order valence-corrected chi connectivity index (χ4v) is 1.48. The number of rotatable bonds is 1. The average molecular weight is 192 g/mol. The van der Waals surface area contributed by atoms with E-state index in [-0.39, 0.29) is 0 Å². The third kappa shape index (κ3) is 3.14. The minimum absolute atomic E-state index is 0.560. The Labute approximate surface area is 83.2 Å². The van der Waals surface area contributed by atoms with Gasteiger partial charge in [0.15, 0.2) is 0 Å². The summed E-state index contributed by atoms with van der Waals surface area (Å²) < 4.78 is 0. The van der Waals surface area contributed by atoms with Crippen molar-refractivity contribution in [2.24, 2.45) is 0 Å². The molecular weight excluding hydrogens is 180 g/mol. The predicted molar refractivity (Wildman–Crippen MR) is 56.8 cm³/mol. The Morgan fingerprint density at radius 2 is 2.08 bits per heavy atom. The molecule has 1 atom stereocenters. The van der Waals surface area contributed by atoms with Gasteiger partial charge in [0.2, 0.25) is 0 Å². The zero-order valence-corrected chi connectivity index (χ0v) is 8.56. The standard InChI is InChI=1S/C11H12OS/c1-9(12)7-8-10-5-3-4-6-11(10)13-2/h3-6,9,12H,1-2H3. The van der Waals surface area contributed by atoms with Gasteiger partial charge in [0.1, 0.15) is 6.10 Å². The molecule has 0 saturated carbocycles. The van der Waals surface area contributed by atoms with Crippen molar-refractivity contribution < 1.29 is 5.11 Å². The van der Waals surface area contributed by atoms with Crippen molar-refractivity contribution >= 4 is 11.8 Å². The fourth-order valence-electron chi connectivity index (χ4n) is 0.930. The lowest BCUT2D eigenvalue weighted by atomic mass is 10.2. The lowest BCUT2D eigenvalue weighted by Gasteiger charge is -1.98. The number of thioether (sulfide) groups is 1. The van der Waals surface area contributed by atoms with Crippen LogP contribution in [0.15, 0.2) is 29.2 Å². The van der Waals surface area contributed by atoms with Gasteiger partial charge in [-0.05, 0) is 25.3 Å². The summed E-state index contributed by atoms with van der Waals surface area (Å²) in [6, 6.07) is 7.92. The monoisotopic (exact) mass is 192 g/mol. The first-order valence-electron chi connectivity index (χ1n) is 4.06. The van der Waals surface area contributed by atoms with Gasteiger partial charge < -0.3 is 5.11 Å². The van der Waals surface area contributed by atoms with Crippen LogP contribution in [0.1, 0.15) is 12.5 Å². The lowest BCUT2D eigenvalue weighted by Crippen LogP contribution is -1.93. The van der Waals surface area contributed by atoms with Crippen molar-refractivity contribution in [1.82, 2.24) is 0 Å². The van der Waals surface area contributed by atoms with Crippen molar-refractivity contribution in [3.8, 4) is 11.8 Å². The Morgan fingerprint density at radius 3 is 2.69 bits per heavy atom. The summed E-state index contributed by atoms with van der Waals surface area (Å²) >= 11 is 1.66. The van der Waals surface area contributed by atoms with Gasteiger partial charge in [-0.2, -0.15) is 0 Å². The normalized spacial score (nSPS) is 11.6. The van der Waals surface area contributed by atoms with Gasteiger partial charge in [-0.15, -0.1) is 11.8 Å². The molecule has 0 aliphatic carbocycles. The van der Waals surface area contributed by atoms with E-state index in [1.807, 2.05) is 30.5 Å². The number of aliphatic hydroxyl groups excluding tert-OH is 1. The van der Waals surface area contributed by atoms with Gasteiger partial charge in [-0.25, -0.2) is 0 Å². The summed E-state index contributed by atoms with van der Waals surface area (Å²) in [6.45, 7) is 1.66. The predicted octanol–water partition coefficient (Wildman–Crippen LogP) is 2.14. The molecule has 1 unspecified atom stereocenters. The molecule has 1 rings (SSSR count). The molecule has 0 spiro atoms. The molecule has 68 valence electrons. The van der Waals surface area contributed by atoms with Crippen LogP contribution in [0.3, 0.4) is 0 Å². The van der Waals surface area contributed by atoms with Gasteiger partial charge in [0.25, 0.3) is 0 Å². The first-order chi connectivity index (χ1) is 6.24. The molecule has 13 heavy (non-hydrogen) atoms. The largest absolute Gasteiger partial charge is 0.381 e. The van der Waals surface area contributed by atoms with E-state index in [4.69, 9.17) is 5.11 Å². The summed E-state index contributed by atoms with van der Waals surface area (Å²) in [5.41, 5.74) is 0.982.